The van der Waals surface area contributed by atoms with Crippen LogP contribution < -0.4 is 9.47 Å². The summed E-state index contributed by atoms with van der Waals surface area (Å²) >= 11 is 0. The number of allylic oxidation sites excluding steroid dienone is 1. The first-order chi connectivity index (χ1) is 7.70. The highest BCUT2D eigenvalue weighted by atomic mass is 16.7. The molecule has 1 aliphatic rings. The molecular formula is C12H12O4. The lowest BCUT2D eigenvalue weighted by atomic mass is 10.0. The van der Waals surface area contributed by atoms with Gasteiger partial charge >= 0.3 is 0 Å². The van der Waals surface area contributed by atoms with Crippen LogP contribution >= 0.6 is 0 Å². The van der Waals surface area contributed by atoms with E-state index in [1.165, 1.54) is 6.92 Å². The van der Waals surface area contributed by atoms with Crippen LogP contribution in [0, 0.1) is 0 Å². The van der Waals surface area contributed by atoms with Crippen molar-refractivity contribution in [2.24, 2.45) is 0 Å². The smallest absolute Gasteiger partial charge is 0.231 e. The molecule has 0 aliphatic carbocycles. The molecule has 2 rings (SSSR count). The van der Waals surface area contributed by atoms with Gasteiger partial charge in [0.1, 0.15) is 0 Å². The van der Waals surface area contributed by atoms with Crippen molar-refractivity contribution in [2.45, 2.75) is 13.3 Å². The van der Waals surface area contributed by atoms with Gasteiger partial charge in [-0.2, -0.15) is 0 Å². The fraction of sp³-hybridized carbons (Fsp3) is 0.250. The number of benzene rings is 1. The molecule has 0 saturated carbocycles. The number of Topliss-reactive ketones (excluding diaryl/α,β-unsaturated/α-hetero) is 1. The lowest BCUT2D eigenvalue weighted by Crippen LogP contribution is -2.00. The van der Waals surface area contributed by atoms with Gasteiger partial charge in [0.05, 0.1) is 6.26 Å². The van der Waals surface area contributed by atoms with Crippen LogP contribution in [0.2, 0.25) is 0 Å². The monoisotopic (exact) mass is 220 g/mol. The molecule has 84 valence electrons. The van der Waals surface area contributed by atoms with Gasteiger partial charge in [-0.15, -0.1) is 0 Å². The number of carbonyl (C=O) groups excluding carboxylic acids is 1. The summed E-state index contributed by atoms with van der Waals surface area (Å²) in [5.74, 6) is 1.25. The van der Waals surface area contributed by atoms with E-state index >= 15 is 0 Å². The third-order valence-corrected chi connectivity index (χ3v) is 2.44. The molecule has 4 heteroatoms. The maximum atomic E-state index is 11.1. The number of ether oxygens (including phenoxy) is 2. The molecule has 0 unspecified atom stereocenters. The first kappa shape index (κ1) is 10.5. The van der Waals surface area contributed by atoms with Crippen LogP contribution in [-0.2, 0) is 11.2 Å². The lowest BCUT2D eigenvalue weighted by molar-refractivity contribution is -0.113. The number of ketones is 1. The minimum Gasteiger partial charge on any atom is -0.515 e. The summed E-state index contributed by atoms with van der Waals surface area (Å²) in [7, 11) is 0. The van der Waals surface area contributed by atoms with E-state index in [4.69, 9.17) is 14.6 Å². The minimum atomic E-state index is -0.139. The van der Waals surface area contributed by atoms with E-state index in [9.17, 15) is 4.79 Å². The third kappa shape index (κ3) is 2.00. The van der Waals surface area contributed by atoms with Crippen LogP contribution in [0.15, 0.2) is 30.0 Å². The van der Waals surface area contributed by atoms with Crippen LogP contribution in [0.25, 0.3) is 0 Å². The van der Waals surface area contributed by atoms with Gasteiger partial charge < -0.3 is 14.6 Å². The van der Waals surface area contributed by atoms with Crippen LogP contribution in [-0.4, -0.2) is 17.7 Å². The molecule has 1 aromatic rings. The highest BCUT2D eigenvalue weighted by molar-refractivity contribution is 5.93. The molecule has 0 radical (unpaired) electrons. The Morgan fingerprint density at radius 2 is 2.19 bits per heavy atom. The van der Waals surface area contributed by atoms with Crippen molar-refractivity contribution < 1.29 is 19.4 Å². The molecule has 0 fully saturated rings. The molecule has 0 saturated heterocycles. The average Bonchev–Trinajstić information content (AvgIpc) is 2.72. The zero-order valence-corrected chi connectivity index (χ0v) is 8.90. The summed E-state index contributed by atoms with van der Waals surface area (Å²) < 4.78 is 10.4. The predicted octanol–water partition coefficient (Wildman–Crippen LogP) is 1.99. The molecule has 0 spiro atoms. The Balaban J connectivity index is 2.19. The Kier molecular flexibility index (Phi) is 2.81. The third-order valence-electron chi connectivity index (χ3n) is 2.44. The molecule has 0 atom stereocenters. The second-order valence-corrected chi connectivity index (χ2v) is 3.57. The highest BCUT2D eigenvalue weighted by Gasteiger charge is 2.14. The van der Waals surface area contributed by atoms with E-state index in [1.807, 2.05) is 12.1 Å². The van der Waals surface area contributed by atoms with Gasteiger partial charge in [-0.3, -0.25) is 4.79 Å². The normalized spacial score (nSPS) is 13.9. The largest absolute Gasteiger partial charge is 0.515 e. The van der Waals surface area contributed by atoms with Crippen LogP contribution in [0.5, 0.6) is 11.5 Å². The van der Waals surface area contributed by atoms with E-state index in [0.29, 0.717) is 23.5 Å². The van der Waals surface area contributed by atoms with Gasteiger partial charge in [0.2, 0.25) is 6.79 Å². The standard InChI is InChI=1S/C12H12O4/c1-8(14)10(6-13)4-9-2-3-11-12(5-9)16-7-15-11/h2-3,5-6,13H,4,7H2,1H3/b10-6-. The van der Waals surface area contributed by atoms with E-state index in [1.54, 1.807) is 6.07 Å². The highest BCUT2D eigenvalue weighted by Crippen LogP contribution is 2.33. The van der Waals surface area contributed by atoms with Crippen molar-refractivity contribution in [3.63, 3.8) is 0 Å². The quantitative estimate of drug-likeness (QED) is 0.625. The number of fused-ring (bicyclic) bond motifs is 1. The first-order valence-electron chi connectivity index (χ1n) is 4.93. The van der Waals surface area contributed by atoms with Gasteiger partial charge in [-0.1, -0.05) is 6.07 Å². The Morgan fingerprint density at radius 1 is 1.44 bits per heavy atom. The summed E-state index contributed by atoms with van der Waals surface area (Å²) in [5, 5.41) is 8.91. The number of rotatable bonds is 3. The van der Waals surface area contributed by atoms with E-state index in [0.717, 1.165) is 11.8 Å². The fourth-order valence-corrected chi connectivity index (χ4v) is 1.53. The molecule has 4 nitrogen and oxygen atoms in total. The average molecular weight is 220 g/mol. The Morgan fingerprint density at radius 3 is 2.88 bits per heavy atom. The molecule has 1 aromatic carbocycles. The zero-order valence-electron chi connectivity index (χ0n) is 8.90. The number of carbonyl (C=O) groups is 1. The van der Waals surface area contributed by atoms with Crippen molar-refractivity contribution >= 4 is 5.78 Å². The van der Waals surface area contributed by atoms with Gasteiger partial charge in [0.25, 0.3) is 0 Å². The molecule has 0 bridgehead atoms. The molecule has 0 amide bonds. The molecule has 1 heterocycles. The van der Waals surface area contributed by atoms with Gasteiger partial charge in [0.15, 0.2) is 17.3 Å². The number of hydrogen-bond donors (Lipinski definition) is 1. The molecule has 0 aromatic heterocycles. The minimum absolute atomic E-state index is 0.139. The Bertz CT molecular complexity index is 448. The van der Waals surface area contributed by atoms with Crippen LogP contribution in [0.1, 0.15) is 12.5 Å². The van der Waals surface area contributed by atoms with Crippen LogP contribution in [0.3, 0.4) is 0 Å². The summed E-state index contributed by atoms with van der Waals surface area (Å²) in [6.07, 6.45) is 1.25. The van der Waals surface area contributed by atoms with Crippen molar-refractivity contribution in [1.29, 1.82) is 0 Å². The fourth-order valence-electron chi connectivity index (χ4n) is 1.53. The van der Waals surface area contributed by atoms with Crippen molar-refractivity contribution in [3.8, 4) is 11.5 Å². The maximum absolute atomic E-state index is 11.1. The molecule has 1 N–H and O–H groups in total. The summed E-state index contributed by atoms with van der Waals surface area (Å²) in [6.45, 7) is 1.66. The lowest BCUT2D eigenvalue weighted by Gasteiger charge is -2.03. The molecular weight excluding hydrogens is 208 g/mol. The zero-order chi connectivity index (χ0) is 11.5. The van der Waals surface area contributed by atoms with Crippen molar-refractivity contribution in [1.82, 2.24) is 0 Å². The Hall–Kier alpha value is -1.97. The Labute approximate surface area is 93.1 Å². The van der Waals surface area contributed by atoms with Gasteiger partial charge in [-0.25, -0.2) is 0 Å². The van der Waals surface area contributed by atoms with Gasteiger partial charge in [0, 0.05) is 12.0 Å². The van der Waals surface area contributed by atoms with E-state index in [2.05, 4.69) is 0 Å². The SMILES string of the molecule is CC(=O)/C(=C\O)Cc1ccc2c(c1)OCO2. The van der Waals surface area contributed by atoms with Crippen molar-refractivity contribution in [3.05, 3.63) is 35.6 Å². The predicted molar refractivity (Wildman–Crippen MR) is 57.7 cm³/mol. The van der Waals surface area contributed by atoms with E-state index < -0.39 is 0 Å². The summed E-state index contributed by atoms with van der Waals surface area (Å²) in [4.78, 5) is 11.1. The first-order valence-corrected chi connectivity index (χ1v) is 4.93. The second-order valence-electron chi connectivity index (χ2n) is 3.57. The topological polar surface area (TPSA) is 55.8 Å². The number of aliphatic hydroxyl groups is 1. The second kappa shape index (κ2) is 4.26. The van der Waals surface area contributed by atoms with Crippen molar-refractivity contribution in [2.75, 3.05) is 6.79 Å². The van der Waals surface area contributed by atoms with Gasteiger partial charge in [-0.05, 0) is 24.6 Å². The summed E-state index contributed by atoms with van der Waals surface area (Å²) in [5.41, 5.74) is 1.28. The molecule has 16 heavy (non-hydrogen) atoms. The number of aliphatic hydroxyl groups excluding tert-OH is 1. The summed E-state index contributed by atoms with van der Waals surface area (Å²) in [6, 6.07) is 5.46. The number of hydrogen-bond acceptors (Lipinski definition) is 4. The molecule has 1 aliphatic heterocycles. The van der Waals surface area contributed by atoms with E-state index in [-0.39, 0.29) is 12.6 Å². The van der Waals surface area contributed by atoms with Crippen LogP contribution in [0.4, 0.5) is 0 Å². The maximum Gasteiger partial charge on any atom is 0.231 e.